The lowest BCUT2D eigenvalue weighted by atomic mass is 9.99. The molecule has 0 unspecified atom stereocenters. The number of nitrogens with zero attached hydrogens (tertiary/aromatic N) is 2. The van der Waals surface area contributed by atoms with Crippen molar-refractivity contribution in [3.05, 3.63) is 85.5 Å². The van der Waals surface area contributed by atoms with E-state index < -0.39 is 0 Å². The van der Waals surface area contributed by atoms with E-state index in [1.807, 2.05) is 67.3 Å². The smallest absolute Gasteiger partial charge is 0.115 e. The largest absolute Gasteiger partial charge is 0.361 e. The maximum Gasteiger partial charge on any atom is 0.115 e. The molecule has 0 atom stereocenters. The lowest BCUT2D eigenvalue weighted by Gasteiger charge is -2.14. The van der Waals surface area contributed by atoms with E-state index in [-0.39, 0.29) is 0 Å². The van der Waals surface area contributed by atoms with E-state index in [0.717, 1.165) is 56.3 Å². The van der Waals surface area contributed by atoms with Gasteiger partial charge in [0.15, 0.2) is 0 Å². The summed E-state index contributed by atoms with van der Waals surface area (Å²) in [5, 5.41) is 0. The Morgan fingerprint density at radius 2 is 1.03 bits per heavy atom. The van der Waals surface area contributed by atoms with E-state index in [1.165, 1.54) is 0 Å². The van der Waals surface area contributed by atoms with Gasteiger partial charge in [0.25, 0.3) is 0 Å². The van der Waals surface area contributed by atoms with Gasteiger partial charge < -0.3 is 19.9 Å². The average Bonchev–Trinajstić information content (AvgIpc) is 3.60. The standard InChI is InChI=1S/C24H18N6/c1-5-16(25-11-1)15-9-10-20-22(21(15)17-6-2-12-26-17)30-24(19-8-4-14-28-19)23(29-20)18-7-3-13-27-18/h1-14,25-28H. The van der Waals surface area contributed by atoms with Crippen molar-refractivity contribution < 1.29 is 0 Å². The van der Waals surface area contributed by atoms with Crippen LogP contribution >= 0.6 is 0 Å². The van der Waals surface area contributed by atoms with E-state index in [4.69, 9.17) is 9.97 Å². The predicted octanol–water partition coefficient (Wildman–Crippen LogP) is 5.61. The fraction of sp³-hybridized carbons (Fsp3) is 0. The molecule has 0 aliphatic heterocycles. The van der Waals surface area contributed by atoms with Crippen LogP contribution in [0.5, 0.6) is 0 Å². The van der Waals surface area contributed by atoms with Crippen LogP contribution in [-0.2, 0) is 0 Å². The first kappa shape index (κ1) is 16.6. The van der Waals surface area contributed by atoms with Crippen LogP contribution in [0.15, 0.2) is 85.5 Å². The van der Waals surface area contributed by atoms with E-state index in [0.29, 0.717) is 0 Å². The van der Waals surface area contributed by atoms with Crippen molar-refractivity contribution in [2.24, 2.45) is 0 Å². The molecule has 6 heteroatoms. The number of aromatic amines is 4. The minimum absolute atomic E-state index is 0.811. The first-order chi connectivity index (χ1) is 14.9. The number of fused-ring (bicyclic) bond motifs is 1. The molecule has 0 bridgehead atoms. The normalized spacial score (nSPS) is 11.3. The lowest BCUT2D eigenvalue weighted by molar-refractivity contribution is 1.23. The molecule has 4 N–H and O–H groups in total. The van der Waals surface area contributed by atoms with Crippen LogP contribution in [-0.4, -0.2) is 29.9 Å². The third kappa shape index (κ3) is 2.58. The monoisotopic (exact) mass is 390 g/mol. The molecule has 0 amide bonds. The first-order valence-corrected chi connectivity index (χ1v) is 9.78. The molecule has 0 radical (unpaired) electrons. The predicted molar refractivity (Wildman–Crippen MR) is 119 cm³/mol. The highest BCUT2D eigenvalue weighted by Crippen LogP contribution is 2.38. The second kappa shape index (κ2) is 6.63. The SMILES string of the molecule is c1c[nH]c(-c2ccc3nc(-c4ccc[nH]4)c(-c4ccc[nH]4)nc3c2-c2ccc[nH]2)c1. The van der Waals surface area contributed by atoms with Gasteiger partial charge in [0, 0.05) is 47.3 Å². The van der Waals surface area contributed by atoms with E-state index in [2.05, 4.69) is 38.1 Å². The van der Waals surface area contributed by atoms with Crippen molar-refractivity contribution in [2.75, 3.05) is 0 Å². The van der Waals surface area contributed by atoms with Gasteiger partial charge in [-0.15, -0.1) is 0 Å². The minimum Gasteiger partial charge on any atom is -0.361 e. The van der Waals surface area contributed by atoms with Crippen molar-refractivity contribution in [1.82, 2.24) is 29.9 Å². The maximum absolute atomic E-state index is 5.15. The molecule has 144 valence electrons. The molecule has 0 spiro atoms. The summed E-state index contributed by atoms with van der Waals surface area (Å²) in [6, 6.07) is 20.3. The van der Waals surface area contributed by atoms with E-state index >= 15 is 0 Å². The molecule has 5 aromatic heterocycles. The van der Waals surface area contributed by atoms with Gasteiger partial charge in [0.2, 0.25) is 0 Å². The number of aromatic nitrogens is 6. The van der Waals surface area contributed by atoms with Crippen molar-refractivity contribution in [3.63, 3.8) is 0 Å². The summed E-state index contributed by atoms with van der Waals surface area (Å²) in [4.78, 5) is 23.4. The Bertz CT molecular complexity index is 1380. The van der Waals surface area contributed by atoms with E-state index in [9.17, 15) is 0 Å². The fourth-order valence-electron chi connectivity index (χ4n) is 3.93. The summed E-state index contributed by atoms with van der Waals surface area (Å²) in [7, 11) is 0. The molecular weight excluding hydrogens is 372 g/mol. The van der Waals surface area contributed by atoms with Crippen molar-refractivity contribution in [2.45, 2.75) is 0 Å². The zero-order chi connectivity index (χ0) is 19.9. The summed E-state index contributed by atoms with van der Waals surface area (Å²) in [6.07, 6.45) is 7.67. The quantitative estimate of drug-likeness (QED) is 0.315. The molecule has 1 aromatic carbocycles. The highest BCUT2D eigenvalue weighted by molar-refractivity contribution is 6.01. The second-order valence-corrected chi connectivity index (χ2v) is 7.11. The highest BCUT2D eigenvalue weighted by Gasteiger charge is 2.20. The number of H-pyrrole nitrogens is 4. The third-order valence-corrected chi connectivity index (χ3v) is 5.30. The zero-order valence-corrected chi connectivity index (χ0v) is 16.0. The van der Waals surface area contributed by atoms with Crippen LogP contribution in [0, 0.1) is 0 Å². The topological polar surface area (TPSA) is 88.9 Å². The van der Waals surface area contributed by atoms with Gasteiger partial charge in [0.05, 0.1) is 22.4 Å². The maximum atomic E-state index is 5.15. The molecule has 6 nitrogen and oxygen atoms in total. The fourth-order valence-corrected chi connectivity index (χ4v) is 3.93. The van der Waals surface area contributed by atoms with E-state index in [1.54, 1.807) is 0 Å². The first-order valence-electron chi connectivity index (χ1n) is 9.78. The van der Waals surface area contributed by atoms with Gasteiger partial charge in [-0.25, -0.2) is 9.97 Å². The number of hydrogen-bond donors (Lipinski definition) is 4. The summed E-state index contributed by atoms with van der Waals surface area (Å²) < 4.78 is 0. The number of benzene rings is 1. The van der Waals surface area contributed by atoms with Crippen LogP contribution in [0.4, 0.5) is 0 Å². The highest BCUT2D eigenvalue weighted by atomic mass is 14.9. The van der Waals surface area contributed by atoms with Crippen molar-refractivity contribution in [3.8, 4) is 45.3 Å². The number of rotatable bonds is 4. The summed E-state index contributed by atoms with van der Waals surface area (Å²) in [5.41, 5.74) is 9.33. The molecule has 0 saturated carbocycles. The Labute approximate surface area is 172 Å². The van der Waals surface area contributed by atoms with Gasteiger partial charge in [-0.05, 0) is 60.7 Å². The third-order valence-electron chi connectivity index (χ3n) is 5.30. The molecular formula is C24H18N6. The summed E-state index contributed by atoms with van der Waals surface area (Å²) in [6.45, 7) is 0. The van der Waals surface area contributed by atoms with Crippen LogP contribution < -0.4 is 0 Å². The second-order valence-electron chi connectivity index (χ2n) is 7.11. The molecule has 0 fully saturated rings. The van der Waals surface area contributed by atoms with Crippen molar-refractivity contribution >= 4 is 11.0 Å². The molecule has 0 saturated heterocycles. The van der Waals surface area contributed by atoms with Crippen LogP contribution in [0.2, 0.25) is 0 Å². The Kier molecular flexibility index (Phi) is 3.67. The van der Waals surface area contributed by atoms with Gasteiger partial charge in [-0.1, -0.05) is 0 Å². The molecule has 5 heterocycles. The number of nitrogens with one attached hydrogen (secondary N) is 4. The molecule has 0 aliphatic rings. The Morgan fingerprint density at radius 3 is 1.60 bits per heavy atom. The van der Waals surface area contributed by atoms with Gasteiger partial charge in [0.1, 0.15) is 11.4 Å². The Morgan fingerprint density at radius 1 is 0.500 bits per heavy atom. The molecule has 0 aliphatic carbocycles. The Balaban J connectivity index is 1.72. The van der Waals surface area contributed by atoms with Crippen LogP contribution in [0.1, 0.15) is 0 Å². The summed E-state index contributed by atoms with van der Waals surface area (Å²) >= 11 is 0. The van der Waals surface area contributed by atoms with Gasteiger partial charge in [-0.3, -0.25) is 0 Å². The van der Waals surface area contributed by atoms with Crippen LogP contribution in [0.3, 0.4) is 0 Å². The van der Waals surface area contributed by atoms with Crippen LogP contribution in [0.25, 0.3) is 56.3 Å². The van der Waals surface area contributed by atoms with Crippen molar-refractivity contribution in [1.29, 1.82) is 0 Å². The molecule has 6 aromatic rings. The van der Waals surface area contributed by atoms with Gasteiger partial charge in [-0.2, -0.15) is 0 Å². The average molecular weight is 390 g/mol. The summed E-state index contributed by atoms with van der Waals surface area (Å²) in [5.74, 6) is 0. The Hall–Kier alpha value is -4.32. The number of hydrogen-bond acceptors (Lipinski definition) is 2. The minimum atomic E-state index is 0.811. The molecule has 30 heavy (non-hydrogen) atoms. The zero-order valence-electron chi connectivity index (χ0n) is 16.0. The lowest BCUT2D eigenvalue weighted by Crippen LogP contribution is -1.99. The van der Waals surface area contributed by atoms with Gasteiger partial charge >= 0.3 is 0 Å². The molecule has 6 rings (SSSR count).